The molecule has 0 aromatic heterocycles. The van der Waals surface area contributed by atoms with E-state index in [2.05, 4.69) is 17.6 Å². The van der Waals surface area contributed by atoms with E-state index in [-0.39, 0.29) is 16.9 Å². The van der Waals surface area contributed by atoms with E-state index in [0.717, 1.165) is 31.5 Å². The molecule has 30 heavy (non-hydrogen) atoms. The topological polar surface area (TPSA) is 61.4 Å². The summed E-state index contributed by atoms with van der Waals surface area (Å²) in [6, 6.07) is 14.2. The smallest absolute Gasteiger partial charge is 0.253 e. The van der Waals surface area contributed by atoms with E-state index in [4.69, 9.17) is 23.8 Å². The Morgan fingerprint density at radius 2 is 1.70 bits per heavy atom. The van der Waals surface area contributed by atoms with E-state index < -0.39 is 0 Å². The third kappa shape index (κ3) is 6.40. The fourth-order valence-corrected chi connectivity index (χ4v) is 3.50. The summed E-state index contributed by atoms with van der Waals surface area (Å²) in [4.78, 5) is 26.5. The predicted molar refractivity (Wildman–Crippen MR) is 126 cm³/mol. The van der Waals surface area contributed by atoms with Crippen molar-refractivity contribution >= 4 is 52.5 Å². The number of benzene rings is 2. The van der Waals surface area contributed by atoms with Gasteiger partial charge in [0.15, 0.2) is 5.11 Å². The molecule has 1 saturated heterocycles. The number of thiocarbonyl (C=S) groups is 1. The first-order valence-electron chi connectivity index (χ1n) is 9.85. The standard InChI is InChI=1S/C23H24ClN3O2S/c1-16-12-14-27(15-13-16)22(29)18-5-9-20(10-6-18)25-23(30)26-21(28)11-4-17-2-7-19(24)8-3-17/h2-11,16H,12-15H2,1H3,(H2,25,26,28,30)/b11-4+. The summed E-state index contributed by atoms with van der Waals surface area (Å²) >= 11 is 11.0. The van der Waals surface area contributed by atoms with Crippen LogP contribution in [0.1, 0.15) is 35.7 Å². The molecular formula is C23H24ClN3O2S. The molecule has 0 saturated carbocycles. The number of nitrogens with one attached hydrogen (secondary N) is 2. The van der Waals surface area contributed by atoms with Gasteiger partial charge in [-0.05, 0) is 79.0 Å². The Bertz CT molecular complexity index is 934. The molecule has 156 valence electrons. The largest absolute Gasteiger partial charge is 0.339 e. The number of carbonyl (C=O) groups is 2. The molecule has 3 rings (SSSR count). The van der Waals surface area contributed by atoms with Gasteiger partial charge in [-0.25, -0.2) is 0 Å². The zero-order valence-electron chi connectivity index (χ0n) is 16.7. The third-order valence-electron chi connectivity index (χ3n) is 4.99. The summed E-state index contributed by atoms with van der Waals surface area (Å²) in [6.07, 6.45) is 5.17. The molecule has 7 heteroatoms. The molecule has 1 aliphatic heterocycles. The fourth-order valence-electron chi connectivity index (χ4n) is 3.15. The quantitative estimate of drug-likeness (QED) is 0.531. The normalized spacial score (nSPS) is 14.5. The van der Waals surface area contributed by atoms with Crippen molar-refractivity contribution in [3.05, 3.63) is 70.8 Å². The Morgan fingerprint density at radius 1 is 1.07 bits per heavy atom. The van der Waals surface area contributed by atoms with Crippen LogP contribution in [-0.4, -0.2) is 34.9 Å². The molecule has 1 heterocycles. The first-order chi connectivity index (χ1) is 14.4. The zero-order chi connectivity index (χ0) is 21.5. The van der Waals surface area contributed by atoms with Crippen LogP contribution in [0.15, 0.2) is 54.6 Å². The number of carbonyl (C=O) groups excluding carboxylic acids is 2. The number of hydrogen-bond donors (Lipinski definition) is 2. The Kier molecular flexibility index (Phi) is 7.60. The molecule has 5 nitrogen and oxygen atoms in total. The maximum Gasteiger partial charge on any atom is 0.253 e. The van der Waals surface area contributed by atoms with E-state index in [0.29, 0.717) is 22.2 Å². The van der Waals surface area contributed by atoms with E-state index in [1.165, 1.54) is 6.08 Å². The molecular weight excluding hydrogens is 418 g/mol. The molecule has 1 fully saturated rings. The highest BCUT2D eigenvalue weighted by atomic mass is 35.5. The van der Waals surface area contributed by atoms with Crippen molar-refractivity contribution in [1.29, 1.82) is 0 Å². The van der Waals surface area contributed by atoms with E-state index in [9.17, 15) is 9.59 Å². The van der Waals surface area contributed by atoms with Crippen molar-refractivity contribution in [1.82, 2.24) is 10.2 Å². The van der Waals surface area contributed by atoms with Crippen molar-refractivity contribution in [2.75, 3.05) is 18.4 Å². The van der Waals surface area contributed by atoms with Crippen LogP contribution >= 0.6 is 23.8 Å². The second-order valence-corrected chi connectivity index (χ2v) is 8.23. The van der Waals surface area contributed by atoms with Crippen LogP contribution in [0.25, 0.3) is 6.08 Å². The summed E-state index contributed by atoms with van der Waals surface area (Å²) in [5.41, 5.74) is 2.21. The van der Waals surface area contributed by atoms with Crippen LogP contribution in [0.3, 0.4) is 0 Å². The zero-order valence-corrected chi connectivity index (χ0v) is 18.3. The van der Waals surface area contributed by atoms with Gasteiger partial charge in [0.2, 0.25) is 5.91 Å². The number of anilines is 1. The highest BCUT2D eigenvalue weighted by Gasteiger charge is 2.21. The van der Waals surface area contributed by atoms with Crippen LogP contribution in [0, 0.1) is 5.92 Å². The Labute approximate surface area is 187 Å². The number of hydrogen-bond acceptors (Lipinski definition) is 3. The van der Waals surface area contributed by atoms with Gasteiger partial charge in [0.05, 0.1) is 0 Å². The average molecular weight is 442 g/mol. The van der Waals surface area contributed by atoms with Gasteiger partial charge in [0, 0.05) is 35.4 Å². The number of amides is 2. The SMILES string of the molecule is CC1CCN(C(=O)c2ccc(NC(=S)NC(=O)/C=C/c3ccc(Cl)cc3)cc2)CC1. The van der Waals surface area contributed by atoms with Crippen LogP contribution in [-0.2, 0) is 4.79 Å². The Hall–Kier alpha value is -2.70. The van der Waals surface area contributed by atoms with Crippen LogP contribution in [0.4, 0.5) is 5.69 Å². The van der Waals surface area contributed by atoms with Crippen molar-refractivity contribution in [2.45, 2.75) is 19.8 Å². The number of nitrogens with zero attached hydrogens (tertiary/aromatic N) is 1. The fraction of sp³-hybridized carbons (Fsp3) is 0.261. The van der Waals surface area contributed by atoms with E-state index >= 15 is 0 Å². The summed E-state index contributed by atoms with van der Waals surface area (Å²) in [7, 11) is 0. The van der Waals surface area contributed by atoms with Gasteiger partial charge in [-0.2, -0.15) is 0 Å². The summed E-state index contributed by atoms with van der Waals surface area (Å²) < 4.78 is 0. The van der Waals surface area contributed by atoms with Gasteiger partial charge in [-0.1, -0.05) is 30.7 Å². The van der Waals surface area contributed by atoms with Crippen LogP contribution in [0.5, 0.6) is 0 Å². The summed E-state index contributed by atoms with van der Waals surface area (Å²) in [5, 5.41) is 6.37. The lowest BCUT2D eigenvalue weighted by molar-refractivity contribution is -0.115. The van der Waals surface area contributed by atoms with Crippen molar-refractivity contribution in [3.63, 3.8) is 0 Å². The first kappa shape index (κ1) is 22.0. The molecule has 2 amide bonds. The number of halogens is 1. The van der Waals surface area contributed by atoms with E-state index in [1.54, 1.807) is 42.5 Å². The van der Waals surface area contributed by atoms with Crippen LogP contribution in [0.2, 0.25) is 5.02 Å². The average Bonchev–Trinajstić information content (AvgIpc) is 2.74. The lowest BCUT2D eigenvalue weighted by atomic mass is 9.98. The second-order valence-electron chi connectivity index (χ2n) is 7.38. The molecule has 0 bridgehead atoms. The molecule has 2 N–H and O–H groups in total. The Balaban J connectivity index is 1.49. The summed E-state index contributed by atoms with van der Waals surface area (Å²) in [5.74, 6) is 0.392. The van der Waals surface area contributed by atoms with Gasteiger partial charge in [-0.3, -0.25) is 14.9 Å². The molecule has 0 spiro atoms. The molecule has 0 atom stereocenters. The monoisotopic (exact) mass is 441 g/mol. The minimum absolute atomic E-state index is 0.0525. The lowest BCUT2D eigenvalue weighted by Gasteiger charge is -2.30. The molecule has 0 unspecified atom stereocenters. The number of rotatable bonds is 4. The van der Waals surface area contributed by atoms with Gasteiger partial charge in [-0.15, -0.1) is 0 Å². The van der Waals surface area contributed by atoms with Gasteiger partial charge < -0.3 is 10.2 Å². The van der Waals surface area contributed by atoms with Gasteiger partial charge in [0.1, 0.15) is 0 Å². The van der Waals surface area contributed by atoms with Crippen molar-refractivity contribution in [3.8, 4) is 0 Å². The lowest BCUT2D eigenvalue weighted by Crippen LogP contribution is -2.37. The van der Waals surface area contributed by atoms with Gasteiger partial charge >= 0.3 is 0 Å². The third-order valence-corrected chi connectivity index (χ3v) is 5.45. The molecule has 2 aromatic carbocycles. The maximum atomic E-state index is 12.6. The molecule has 1 aliphatic rings. The van der Waals surface area contributed by atoms with Crippen molar-refractivity contribution < 1.29 is 9.59 Å². The van der Waals surface area contributed by atoms with E-state index in [1.807, 2.05) is 17.0 Å². The number of piperidine rings is 1. The highest BCUT2D eigenvalue weighted by Crippen LogP contribution is 2.19. The Morgan fingerprint density at radius 3 is 2.33 bits per heavy atom. The molecule has 2 aromatic rings. The van der Waals surface area contributed by atoms with Crippen LogP contribution < -0.4 is 10.6 Å². The minimum Gasteiger partial charge on any atom is -0.339 e. The predicted octanol–water partition coefficient (Wildman–Crippen LogP) is 4.74. The minimum atomic E-state index is -0.339. The van der Waals surface area contributed by atoms with Crippen molar-refractivity contribution in [2.24, 2.45) is 5.92 Å². The second kappa shape index (κ2) is 10.4. The number of likely N-dealkylation sites (tertiary alicyclic amines) is 1. The highest BCUT2D eigenvalue weighted by molar-refractivity contribution is 7.80. The maximum absolute atomic E-state index is 12.6. The first-order valence-corrected chi connectivity index (χ1v) is 10.6. The molecule has 0 radical (unpaired) electrons. The van der Waals surface area contributed by atoms with Gasteiger partial charge in [0.25, 0.3) is 5.91 Å². The summed E-state index contributed by atoms with van der Waals surface area (Å²) in [6.45, 7) is 3.83. The molecule has 0 aliphatic carbocycles.